The first-order valence-electron chi connectivity index (χ1n) is 15.4. The molecular formula is C35H41F2N5O4. The zero-order chi connectivity index (χ0) is 33.4. The van der Waals surface area contributed by atoms with E-state index < -0.39 is 22.8 Å². The van der Waals surface area contributed by atoms with Gasteiger partial charge >= 0.3 is 12.2 Å². The number of halogens is 2. The molecule has 0 saturated carbocycles. The number of hydrogen-bond acceptors (Lipinski definition) is 6. The highest BCUT2D eigenvalue weighted by atomic mass is 19.1. The van der Waals surface area contributed by atoms with Crippen molar-refractivity contribution in [3.8, 4) is 22.8 Å². The standard InChI is InChI=1S/C35H41F2N5O4/c1-34(2,3)45-32(43)41-16-12-22(13-17-41)26-10-8-24(20-28(26)36)30-38-39-31(40(30)7)25-9-11-27(29(37)21-25)23-14-18-42(19-15-23)33(44)46-35(4,5)6/h8-12,14,20-21H,13,15-19H2,1-7H3. The molecular weight excluding hydrogens is 592 g/mol. The van der Waals surface area contributed by atoms with Gasteiger partial charge in [0.15, 0.2) is 11.6 Å². The van der Waals surface area contributed by atoms with Gasteiger partial charge in [0.1, 0.15) is 22.8 Å². The second-order valence-corrected chi connectivity index (χ2v) is 13.6. The summed E-state index contributed by atoms with van der Waals surface area (Å²) in [6, 6.07) is 9.84. The molecule has 11 heteroatoms. The minimum Gasteiger partial charge on any atom is -0.444 e. The van der Waals surface area contributed by atoms with Gasteiger partial charge in [-0.25, -0.2) is 18.4 Å². The first kappa shape index (κ1) is 32.8. The van der Waals surface area contributed by atoms with Gasteiger partial charge in [0.25, 0.3) is 0 Å². The van der Waals surface area contributed by atoms with E-state index in [9.17, 15) is 9.59 Å². The molecule has 2 aliphatic heterocycles. The smallest absolute Gasteiger partial charge is 0.410 e. The molecule has 0 aliphatic carbocycles. The van der Waals surface area contributed by atoms with E-state index in [0.29, 0.717) is 72.9 Å². The van der Waals surface area contributed by atoms with Gasteiger partial charge in [-0.15, -0.1) is 10.2 Å². The second kappa shape index (κ2) is 12.7. The summed E-state index contributed by atoms with van der Waals surface area (Å²) in [5.74, 6) is 0.0765. The molecule has 9 nitrogen and oxygen atoms in total. The molecule has 244 valence electrons. The van der Waals surface area contributed by atoms with Crippen molar-refractivity contribution < 1.29 is 27.8 Å². The summed E-state index contributed by atoms with van der Waals surface area (Å²) in [6.45, 7) is 12.5. The Bertz CT molecular complexity index is 1590. The van der Waals surface area contributed by atoms with E-state index in [1.54, 1.807) is 45.7 Å². The maximum absolute atomic E-state index is 15.4. The van der Waals surface area contributed by atoms with Crippen molar-refractivity contribution in [3.05, 3.63) is 71.3 Å². The molecule has 0 N–H and O–H groups in total. The average molecular weight is 634 g/mol. The fourth-order valence-electron chi connectivity index (χ4n) is 5.47. The van der Waals surface area contributed by atoms with Gasteiger partial charge in [-0.1, -0.05) is 36.4 Å². The van der Waals surface area contributed by atoms with Crippen LogP contribution >= 0.6 is 0 Å². The Morgan fingerprint density at radius 3 is 1.39 bits per heavy atom. The van der Waals surface area contributed by atoms with E-state index in [1.807, 2.05) is 53.7 Å². The molecule has 2 aromatic carbocycles. The van der Waals surface area contributed by atoms with E-state index in [-0.39, 0.29) is 12.2 Å². The molecule has 46 heavy (non-hydrogen) atoms. The Kier molecular flexibility index (Phi) is 9.06. The van der Waals surface area contributed by atoms with Crippen LogP contribution in [0.25, 0.3) is 33.9 Å². The van der Waals surface area contributed by atoms with Crippen LogP contribution in [0.2, 0.25) is 0 Å². The Balaban J connectivity index is 1.28. The molecule has 3 aromatic rings. The third-order valence-electron chi connectivity index (χ3n) is 7.74. The summed E-state index contributed by atoms with van der Waals surface area (Å²) in [4.78, 5) is 28.0. The molecule has 0 unspecified atom stereocenters. The maximum Gasteiger partial charge on any atom is 0.410 e. The van der Waals surface area contributed by atoms with Crippen LogP contribution < -0.4 is 0 Å². The van der Waals surface area contributed by atoms with Gasteiger partial charge in [-0.2, -0.15) is 0 Å². The van der Waals surface area contributed by atoms with Crippen LogP contribution in [0.15, 0.2) is 48.6 Å². The van der Waals surface area contributed by atoms with Crippen molar-refractivity contribution in [3.63, 3.8) is 0 Å². The van der Waals surface area contributed by atoms with Crippen molar-refractivity contribution in [1.29, 1.82) is 0 Å². The van der Waals surface area contributed by atoms with Crippen LogP contribution in [0.1, 0.15) is 65.5 Å². The molecule has 2 aliphatic rings. The molecule has 0 saturated heterocycles. The Labute approximate surface area is 268 Å². The zero-order valence-corrected chi connectivity index (χ0v) is 27.5. The predicted octanol–water partition coefficient (Wildman–Crippen LogP) is 7.48. The van der Waals surface area contributed by atoms with Crippen molar-refractivity contribution >= 4 is 23.3 Å². The highest BCUT2D eigenvalue weighted by molar-refractivity contribution is 5.76. The molecule has 0 bridgehead atoms. The van der Waals surface area contributed by atoms with Crippen LogP contribution in [0, 0.1) is 11.6 Å². The summed E-state index contributed by atoms with van der Waals surface area (Å²) in [7, 11) is 1.76. The Morgan fingerprint density at radius 1 is 0.696 bits per heavy atom. The minimum absolute atomic E-state index is 0.343. The highest BCUT2D eigenvalue weighted by Gasteiger charge is 2.26. The zero-order valence-electron chi connectivity index (χ0n) is 27.5. The lowest BCUT2D eigenvalue weighted by Crippen LogP contribution is -2.39. The largest absolute Gasteiger partial charge is 0.444 e. The lowest BCUT2D eigenvalue weighted by atomic mass is 9.97. The quantitative estimate of drug-likeness (QED) is 0.296. The lowest BCUT2D eigenvalue weighted by Gasteiger charge is -2.29. The van der Waals surface area contributed by atoms with Crippen molar-refractivity contribution in [2.75, 3.05) is 26.2 Å². The lowest BCUT2D eigenvalue weighted by molar-refractivity contribution is 0.0260. The van der Waals surface area contributed by atoms with Crippen LogP contribution in [0.4, 0.5) is 18.4 Å². The molecule has 0 radical (unpaired) electrons. The van der Waals surface area contributed by atoms with E-state index in [1.165, 1.54) is 12.1 Å². The van der Waals surface area contributed by atoms with Gasteiger partial charge in [0.05, 0.1) is 0 Å². The minimum atomic E-state index is -0.581. The van der Waals surface area contributed by atoms with Crippen molar-refractivity contribution in [2.24, 2.45) is 7.05 Å². The third-order valence-corrected chi connectivity index (χ3v) is 7.74. The molecule has 3 heterocycles. The first-order chi connectivity index (χ1) is 21.6. The normalized spacial score (nSPS) is 15.8. The number of carbonyl (C=O) groups is 2. The van der Waals surface area contributed by atoms with Gasteiger partial charge < -0.3 is 23.8 Å². The molecule has 0 spiro atoms. The number of carbonyl (C=O) groups excluding carboxylic acids is 2. The first-order valence-corrected chi connectivity index (χ1v) is 15.4. The summed E-state index contributed by atoms with van der Waals surface area (Å²) < 4.78 is 43.4. The number of ether oxygens (including phenoxy) is 2. The number of aromatic nitrogens is 3. The van der Waals surface area contributed by atoms with Gasteiger partial charge in [-0.3, -0.25) is 0 Å². The number of hydrogen-bond donors (Lipinski definition) is 0. The highest BCUT2D eigenvalue weighted by Crippen LogP contribution is 2.32. The van der Waals surface area contributed by atoms with E-state index in [4.69, 9.17) is 9.47 Å². The van der Waals surface area contributed by atoms with Crippen LogP contribution in [-0.2, 0) is 16.5 Å². The predicted molar refractivity (Wildman–Crippen MR) is 173 cm³/mol. The summed E-state index contributed by atoms with van der Waals surface area (Å²) in [5.41, 5.74) is 2.50. The van der Waals surface area contributed by atoms with Crippen LogP contribution in [-0.4, -0.2) is 74.1 Å². The topological polar surface area (TPSA) is 89.8 Å². The van der Waals surface area contributed by atoms with Gasteiger partial charge in [-0.05, 0) is 77.7 Å². The number of benzene rings is 2. The van der Waals surface area contributed by atoms with E-state index >= 15 is 8.78 Å². The van der Waals surface area contributed by atoms with Crippen LogP contribution in [0.3, 0.4) is 0 Å². The third kappa shape index (κ3) is 7.46. The summed E-state index contributed by atoms with van der Waals surface area (Å²) >= 11 is 0. The Hall–Kier alpha value is -4.54. The Morgan fingerprint density at radius 2 is 1.09 bits per heavy atom. The molecule has 1 aromatic heterocycles. The van der Waals surface area contributed by atoms with E-state index in [2.05, 4.69) is 10.2 Å². The molecule has 5 rings (SSSR count). The maximum atomic E-state index is 15.4. The monoisotopic (exact) mass is 633 g/mol. The van der Waals surface area contributed by atoms with E-state index in [0.717, 1.165) is 11.1 Å². The molecule has 0 atom stereocenters. The SMILES string of the molecule is Cn1c(-c2ccc(C3=CCN(C(=O)OC(C)(C)C)CC3)c(F)c2)nnc1-c1ccc(C2=CCN(C(=O)OC(C)(C)C)CC2)c(F)c1. The summed E-state index contributed by atoms with van der Waals surface area (Å²) in [5, 5.41) is 8.57. The molecule has 0 fully saturated rings. The van der Waals surface area contributed by atoms with Crippen molar-refractivity contribution in [2.45, 2.75) is 65.6 Å². The fraction of sp³-hybridized carbons (Fsp3) is 0.429. The van der Waals surface area contributed by atoms with Gasteiger partial charge in [0, 0.05) is 55.5 Å². The molecule has 2 amide bonds. The average Bonchev–Trinajstić information content (AvgIpc) is 3.36. The number of rotatable bonds is 4. The van der Waals surface area contributed by atoms with Crippen LogP contribution in [0.5, 0.6) is 0 Å². The number of amides is 2. The number of nitrogens with zero attached hydrogens (tertiary/aromatic N) is 5. The summed E-state index contributed by atoms with van der Waals surface area (Å²) in [6.07, 6.45) is 3.94. The van der Waals surface area contributed by atoms with Gasteiger partial charge in [0.2, 0.25) is 0 Å². The van der Waals surface area contributed by atoms with Crippen molar-refractivity contribution in [1.82, 2.24) is 24.6 Å². The second-order valence-electron chi connectivity index (χ2n) is 13.6. The fourth-order valence-corrected chi connectivity index (χ4v) is 5.47.